The zero-order valence-corrected chi connectivity index (χ0v) is 11.4. The van der Waals surface area contributed by atoms with Crippen LogP contribution in [-0.2, 0) is 6.42 Å². The average Bonchev–Trinajstić information content (AvgIpc) is 2.59. The van der Waals surface area contributed by atoms with Crippen molar-refractivity contribution in [3.05, 3.63) is 28.2 Å². The summed E-state index contributed by atoms with van der Waals surface area (Å²) in [5.41, 5.74) is 2.44. The van der Waals surface area contributed by atoms with Crippen LogP contribution in [0.2, 0.25) is 0 Å². The molecule has 0 radical (unpaired) electrons. The van der Waals surface area contributed by atoms with Crippen molar-refractivity contribution in [1.82, 2.24) is 10.3 Å². The molecule has 0 aromatic carbocycles. The molecule has 0 saturated heterocycles. The average molecular weight is 238 g/mol. The number of aromatic nitrogens is 1. The molecule has 0 fully saturated rings. The molecule has 0 saturated carbocycles. The molecular formula is C13H22N2S. The van der Waals surface area contributed by atoms with Gasteiger partial charge in [-0.25, -0.2) is 4.98 Å². The maximum atomic E-state index is 4.51. The van der Waals surface area contributed by atoms with Gasteiger partial charge in [0.05, 0.1) is 10.7 Å². The summed E-state index contributed by atoms with van der Waals surface area (Å²) in [5.74, 6) is 0. The SMILES string of the molecule is C=C(C)CC(Cc1csc(C)n1)NCCC. The lowest BCUT2D eigenvalue weighted by atomic mass is 10.0. The van der Waals surface area contributed by atoms with E-state index < -0.39 is 0 Å². The van der Waals surface area contributed by atoms with E-state index in [0.29, 0.717) is 6.04 Å². The predicted octanol–water partition coefficient (Wildman–Crippen LogP) is 3.33. The molecule has 1 unspecified atom stereocenters. The maximum absolute atomic E-state index is 4.51. The van der Waals surface area contributed by atoms with Gasteiger partial charge in [0, 0.05) is 17.8 Å². The normalized spacial score (nSPS) is 12.7. The molecule has 2 nitrogen and oxygen atoms in total. The number of nitrogens with zero attached hydrogens (tertiary/aromatic N) is 1. The van der Waals surface area contributed by atoms with Gasteiger partial charge in [-0.2, -0.15) is 0 Å². The van der Waals surface area contributed by atoms with E-state index in [1.165, 1.54) is 17.7 Å². The molecule has 1 aromatic heterocycles. The van der Waals surface area contributed by atoms with Gasteiger partial charge >= 0.3 is 0 Å². The molecular weight excluding hydrogens is 216 g/mol. The first kappa shape index (κ1) is 13.4. The monoisotopic (exact) mass is 238 g/mol. The smallest absolute Gasteiger partial charge is 0.0897 e. The van der Waals surface area contributed by atoms with E-state index in [2.05, 4.69) is 43.0 Å². The number of thiazole rings is 1. The fourth-order valence-electron chi connectivity index (χ4n) is 1.74. The highest BCUT2D eigenvalue weighted by Gasteiger charge is 2.10. The first-order valence-electron chi connectivity index (χ1n) is 5.90. The summed E-state index contributed by atoms with van der Waals surface area (Å²) in [4.78, 5) is 4.51. The van der Waals surface area contributed by atoms with Crippen molar-refractivity contribution >= 4 is 11.3 Å². The molecule has 1 heterocycles. The van der Waals surface area contributed by atoms with Crippen LogP contribution < -0.4 is 5.32 Å². The third-order valence-electron chi connectivity index (χ3n) is 2.40. The summed E-state index contributed by atoms with van der Waals surface area (Å²) in [6.45, 7) is 11.4. The van der Waals surface area contributed by atoms with Crippen LogP contribution in [0.5, 0.6) is 0 Å². The molecule has 1 N–H and O–H groups in total. The van der Waals surface area contributed by atoms with Crippen LogP contribution in [0.4, 0.5) is 0 Å². The first-order valence-corrected chi connectivity index (χ1v) is 6.78. The summed E-state index contributed by atoms with van der Waals surface area (Å²) in [6.07, 6.45) is 3.22. The Labute approximate surface area is 103 Å². The van der Waals surface area contributed by atoms with E-state index >= 15 is 0 Å². The van der Waals surface area contributed by atoms with Crippen molar-refractivity contribution in [2.45, 2.75) is 46.1 Å². The quantitative estimate of drug-likeness (QED) is 0.737. The molecule has 1 atom stereocenters. The van der Waals surface area contributed by atoms with Crippen molar-refractivity contribution < 1.29 is 0 Å². The van der Waals surface area contributed by atoms with E-state index in [4.69, 9.17) is 0 Å². The van der Waals surface area contributed by atoms with Crippen molar-refractivity contribution in [1.29, 1.82) is 0 Å². The maximum Gasteiger partial charge on any atom is 0.0897 e. The van der Waals surface area contributed by atoms with Gasteiger partial charge in [-0.15, -0.1) is 17.9 Å². The van der Waals surface area contributed by atoms with Crippen LogP contribution in [0.15, 0.2) is 17.5 Å². The summed E-state index contributed by atoms with van der Waals surface area (Å²) in [6, 6.07) is 0.485. The summed E-state index contributed by atoms with van der Waals surface area (Å²) in [7, 11) is 0. The van der Waals surface area contributed by atoms with Crippen LogP contribution in [-0.4, -0.2) is 17.6 Å². The van der Waals surface area contributed by atoms with Gasteiger partial charge in [0.25, 0.3) is 0 Å². The lowest BCUT2D eigenvalue weighted by Crippen LogP contribution is -2.32. The summed E-state index contributed by atoms with van der Waals surface area (Å²) >= 11 is 1.73. The Morgan fingerprint density at radius 3 is 2.88 bits per heavy atom. The first-order chi connectivity index (χ1) is 7.61. The van der Waals surface area contributed by atoms with E-state index in [1.54, 1.807) is 11.3 Å². The van der Waals surface area contributed by atoms with Crippen molar-refractivity contribution in [2.75, 3.05) is 6.54 Å². The second-order valence-corrected chi connectivity index (χ2v) is 5.44. The number of rotatable bonds is 7. The largest absolute Gasteiger partial charge is 0.313 e. The third-order valence-corrected chi connectivity index (χ3v) is 3.22. The second-order valence-electron chi connectivity index (χ2n) is 4.37. The van der Waals surface area contributed by atoms with Gasteiger partial charge in [0.15, 0.2) is 0 Å². The summed E-state index contributed by atoms with van der Waals surface area (Å²) < 4.78 is 0. The van der Waals surface area contributed by atoms with Crippen molar-refractivity contribution in [3.63, 3.8) is 0 Å². The Bertz CT molecular complexity index is 330. The Morgan fingerprint density at radius 2 is 2.38 bits per heavy atom. The van der Waals surface area contributed by atoms with Gasteiger partial charge in [-0.05, 0) is 33.2 Å². The Morgan fingerprint density at radius 1 is 1.62 bits per heavy atom. The van der Waals surface area contributed by atoms with Crippen LogP contribution in [0.3, 0.4) is 0 Å². The molecule has 0 spiro atoms. The molecule has 1 aromatic rings. The number of hydrogen-bond acceptors (Lipinski definition) is 3. The van der Waals surface area contributed by atoms with Gasteiger partial charge in [0.1, 0.15) is 0 Å². The van der Waals surface area contributed by atoms with Crippen molar-refractivity contribution in [2.24, 2.45) is 0 Å². The molecule has 3 heteroatoms. The zero-order valence-electron chi connectivity index (χ0n) is 10.5. The molecule has 0 aliphatic carbocycles. The lowest BCUT2D eigenvalue weighted by Gasteiger charge is -2.17. The predicted molar refractivity (Wildman–Crippen MR) is 72.1 cm³/mol. The second kappa shape index (κ2) is 6.81. The standard InChI is InChI=1S/C13H22N2S/c1-5-6-14-12(7-10(2)3)8-13-9-16-11(4)15-13/h9,12,14H,2,5-8H2,1,3-4H3. The number of aryl methyl sites for hydroxylation is 1. The van der Waals surface area contributed by atoms with E-state index in [0.717, 1.165) is 24.4 Å². The molecule has 0 aliphatic heterocycles. The molecule has 0 bridgehead atoms. The molecule has 16 heavy (non-hydrogen) atoms. The van der Waals surface area contributed by atoms with Gasteiger partial charge < -0.3 is 5.32 Å². The minimum Gasteiger partial charge on any atom is -0.313 e. The van der Waals surface area contributed by atoms with Gasteiger partial charge in [-0.1, -0.05) is 12.5 Å². The fraction of sp³-hybridized carbons (Fsp3) is 0.615. The summed E-state index contributed by atoms with van der Waals surface area (Å²) in [5, 5.41) is 6.88. The topological polar surface area (TPSA) is 24.9 Å². The van der Waals surface area contributed by atoms with Crippen molar-refractivity contribution in [3.8, 4) is 0 Å². The number of nitrogens with one attached hydrogen (secondary N) is 1. The van der Waals surface area contributed by atoms with Gasteiger partial charge in [-0.3, -0.25) is 0 Å². The molecule has 1 rings (SSSR count). The fourth-order valence-corrected chi connectivity index (χ4v) is 2.37. The minimum atomic E-state index is 0.485. The van der Waals surface area contributed by atoms with E-state index in [1.807, 2.05) is 0 Å². The van der Waals surface area contributed by atoms with Crippen LogP contribution in [0, 0.1) is 6.92 Å². The van der Waals surface area contributed by atoms with Crippen LogP contribution >= 0.6 is 11.3 Å². The van der Waals surface area contributed by atoms with Gasteiger partial charge in [0.2, 0.25) is 0 Å². The van der Waals surface area contributed by atoms with Crippen LogP contribution in [0.1, 0.15) is 37.4 Å². The highest BCUT2D eigenvalue weighted by Crippen LogP contribution is 2.13. The Balaban J connectivity index is 2.51. The third kappa shape index (κ3) is 4.90. The molecule has 0 amide bonds. The minimum absolute atomic E-state index is 0.485. The van der Waals surface area contributed by atoms with E-state index in [-0.39, 0.29) is 0 Å². The molecule has 90 valence electrons. The molecule has 0 aliphatic rings. The van der Waals surface area contributed by atoms with E-state index in [9.17, 15) is 0 Å². The Hall–Kier alpha value is -0.670. The lowest BCUT2D eigenvalue weighted by molar-refractivity contribution is 0.500. The van der Waals surface area contributed by atoms with Crippen LogP contribution in [0.25, 0.3) is 0 Å². The zero-order chi connectivity index (χ0) is 12.0. The number of hydrogen-bond donors (Lipinski definition) is 1. The Kier molecular flexibility index (Phi) is 5.71. The highest BCUT2D eigenvalue weighted by atomic mass is 32.1. The highest BCUT2D eigenvalue weighted by molar-refractivity contribution is 7.09.